The first-order valence-electron chi connectivity index (χ1n) is 12.1. The first-order valence-corrected chi connectivity index (χ1v) is 15.6. The molecule has 0 radical (unpaired) electrons. The maximum atomic E-state index is 13.0. The minimum Gasteiger partial charge on any atom is -0.479 e. The number of hydrogen-bond acceptors (Lipinski definition) is 9. The van der Waals surface area contributed by atoms with Crippen LogP contribution in [-0.2, 0) is 0 Å². The molecule has 0 saturated heterocycles. The Bertz CT molecular complexity index is 1200. The lowest BCUT2D eigenvalue weighted by Gasteiger charge is -2.18. The smallest absolute Gasteiger partial charge is 0.291 e. The van der Waals surface area contributed by atoms with Crippen molar-refractivity contribution in [3.63, 3.8) is 0 Å². The summed E-state index contributed by atoms with van der Waals surface area (Å²) in [6.07, 6.45) is 0.907. The third kappa shape index (κ3) is 7.46. The standard InChI is InChI=1S/C26H37N5O5Si/c1-17-10-11-18(37(6,7)8)16-20(17)36-21-13-12-19(35-21)23(32)28-22-24(33-4)29-26(30-25(22)34-5)27-14-9-15-31(2)3/h10-13,16H,9,14-15H2,1-8H3,(H,28,32)(H,27,29,30). The average Bonchev–Trinajstić information content (AvgIpc) is 3.31. The number of anilines is 2. The summed E-state index contributed by atoms with van der Waals surface area (Å²) >= 11 is 0. The fourth-order valence-electron chi connectivity index (χ4n) is 3.45. The summed E-state index contributed by atoms with van der Waals surface area (Å²) in [5.74, 6) is 1.13. The minimum absolute atomic E-state index is 0.0593. The topological polar surface area (TPSA) is 111 Å². The van der Waals surface area contributed by atoms with Crippen LogP contribution >= 0.6 is 0 Å². The maximum Gasteiger partial charge on any atom is 0.291 e. The number of amides is 1. The molecule has 3 aromatic rings. The predicted molar refractivity (Wildman–Crippen MR) is 148 cm³/mol. The molecule has 2 heterocycles. The Morgan fingerprint density at radius 2 is 1.73 bits per heavy atom. The normalized spacial score (nSPS) is 11.4. The van der Waals surface area contributed by atoms with Crippen LogP contribution in [0.3, 0.4) is 0 Å². The molecule has 0 unspecified atom stereocenters. The highest BCUT2D eigenvalue weighted by Gasteiger charge is 2.22. The number of nitrogens with one attached hydrogen (secondary N) is 2. The fourth-order valence-corrected chi connectivity index (χ4v) is 4.60. The molecule has 0 saturated carbocycles. The van der Waals surface area contributed by atoms with Crippen molar-refractivity contribution in [3.8, 4) is 23.5 Å². The maximum absolute atomic E-state index is 13.0. The third-order valence-corrected chi connectivity index (χ3v) is 7.65. The van der Waals surface area contributed by atoms with Crippen LogP contribution in [0.5, 0.6) is 23.5 Å². The van der Waals surface area contributed by atoms with Gasteiger partial charge in [-0.15, -0.1) is 0 Å². The molecule has 1 aromatic carbocycles. The highest BCUT2D eigenvalue weighted by molar-refractivity contribution is 6.88. The number of nitrogens with zero attached hydrogens (tertiary/aromatic N) is 3. The number of benzene rings is 1. The van der Waals surface area contributed by atoms with Gasteiger partial charge < -0.3 is 34.2 Å². The van der Waals surface area contributed by atoms with Crippen LogP contribution in [-0.4, -0.2) is 70.3 Å². The van der Waals surface area contributed by atoms with Crippen LogP contribution < -0.4 is 30.0 Å². The molecule has 0 aliphatic carbocycles. The van der Waals surface area contributed by atoms with E-state index in [4.69, 9.17) is 18.6 Å². The molecular formula is C26H37N5O5Si. The van der Waals surface area contributed by atoms with Crippen LogP contribution in [0.4, 0.5) is 11.6 Å². The Morgan fingerprint density at radius 3 is 2.32 bits per heavy atom. The van der Waals surface area contributed by atoms with E-state index < -0.39 is 14.0 Å². The number of rotatable bonds is 12. The lowest BCUT2D eigenvalue weighted by Crippen LogP contribution is -2.37. The van der Waals surface area contributed by atoms with Crippen molar-refractivity contribution in [3.05, 3.63) is 41.7 Å². The molecule has 11 heteroatoms. The molecule has 0 bridgehead atoms. The molecule has 0 spiro atoms. The summed E-state index contributed by atoms with van der Waals surface area (Å²) in [6, 6.07) is 9.39. The van der Waals surface area contributed by atoms with Gasteiger partial charge in [0.15, 0.2) is 11.4 Å². The fraction of sp³-hybridized carbons (Fsp3) is 0.423. The van der Waals surface area contributed by atoms with Gasteiger partial charge in [0, 0.05) is 12.6 Å². The van der Waals surface area contributed by atoms with Gasteiger partial charge in [-0.1, -0.05) is 37.0 Å². The summed E-state index contributed by atoms with van der Waals surface area (Å²) in [7, 11) is 5.44. The highest BCUT2D eigenvalue weighted by Crippen LogP contribution is 2.33. The number of ether oxygens (including phenoxy) is 3. The number of hydrogen-bond donors (Lipinski definition) is 2. The van der Waals surface area contributed by atoms with Crippen LogP contribution in [0, 0.1) is 6.92 Å². The van der Waals surface area contributed by atoms with Crippen molar-refractivity contribution in [2.75, 3.05) is 52.0 Å². The van der Waals surface area contributed by atoms with E-state index in [1.54, 1.807) is 12.1 Å². The van der Waals surface area contributed by atoms with Gasteiger partial charge in [0.25, 0.3) is 11.9 Å². The van der Waals surface area contributed by atoms with E-state index >= 15 is 0 Å². The van der Waals surface area contributed by atoms with Gasteiger partial charge in [-0.05, 0) is 51.7 Å². The van der Waals surface area contributed by atoms with Crippen molar-refractivity contribution < 1.29 is 23.4 Å². The molecular weight excluding hydrogens is 490 g/mol. The van der Waals surface area contributed by atoms with Gasteiger partial charge in [-0.2, -0.15) is 9.97 Å². The molecule has 10 nitrogen and oxygen atoms in total. The zero-order valence-corrected chi connectivity index (χ0v) is 23.9. The largest absolute Gasteiger partial charge is 0.479 e. The Labute approximate surface area is 219 Å². The van der Waals surface area contributed by atoms with Gasteiger partial charge >= 0.3 is 0 Å². The zero-order valence-electron chi connectivity index (χ0n) is 22.9. The SMILES string of the molecule is COc1nc(NCCCN(C)C)nc(OC)c1NC(=O)c1ccc(Oc2cc([Si](C)(C)C)ccc2C)o1. The lowest BCUT2D eigenvalue weighted by molar-refractivity contribution is 0.0990. The Kier molecular flexibility index (Phi) is 9.17. The van der Waals surface area contributed by atoms with Gasteiger partial charge in [0.2, 0.25) is 17.7 Å². The molecule has 1 amide bonds. The summed E-state index contributed by atoms with van der Waals surface area (Å²) in [5.41, 5.74) is 1.18. The molecule has 2 aromatic heterocycles. The van der Waals surface area contributed by atoms with Crippen LogP contribution in [0.1, 0.15) is 22.5 Å². The first-order chi connectivity index (χ1) is 17.5. The van der Waals surface area contributed by atoms with Crippen LogP contribution in [0.25, 0.3) is 0 Å². The van der Waals surface area contributed by atoms with Crippen molar-refractivity contribution in [2.24, 2.45) is 0 Å². The third-order valence-electron chi connectivity index (χ3n) is 5.60. The molecule has 3 rings (SSSR count). The molecule has 200 valence electrons. The quantitative estimate of drug-likeness (QED) is 0.262. The Morgan fingerprint density at radius 1 is 1.05 bits per heavy atom. The van der Waals surface area contributed by atoms with E-state index in [0.29, 0.717) is 18.2 Å². The average molecular weight is 528 g/mol. The summed E-state index contributed by atoms with van der Waals surface area (Å²) in [5, 5.41) is 7.15. The van der Waals surface area contributed by atoms with Crippen molar-refractivity contribution in [2.45, 2.75) is 33.0 Å². The van der Waals surface area contributed by atoms with E-state index in [0.717, 1.165) is 18.5 Å². The van der Waals surface area contributed by atoms with Crippen molar-refractivity contribution in [1.29, 1.82) is 0 Å². The molecule has 37 heavy (non-hydrogen) atoms. The van der Waals surface area contributed by atoms with E-state index in [1.807, 2.05) is 33.2 Å². The predicted octanol–water partition coefficient (Wildman–Crippen LogP) is 4.35. The second-order valence-corrected chi connectivity index (χ2v) is 15.0. The number of furan rings is 1. The highest BCUT2D eigenvalue weighted by atomic mass is 28.3. The lowest BCUT2D eigenvalue weighted by atomic mass is 10.2. The molecule has 0 aliphatic heterocycles. The zero-order chi connectivity index (χ0) is 27.2. The van der Waals surface area contributed by atoms with Crippen molar-refractivity contribution >= 4 is 30.8 Å². The monoisotopic (exact) mass is 527 g/mol. The van der Waals surface area contributed by atoms with Gasteiger partial charge in [0.05, 0.1) is 22.3 Å². The molecule has 0 fully saturated rings. The number of carbonyl (C=O) groups is 1. The molecule has 0 atom stereocenters. The van der Waals surface area contributed by atoms with E-state index in [-0.39, 0.29) is 29.2 Å². The van der Waals surface area contributed by atoms with Gasteiger partial charge in [-0.25, -0.2) is 0 Å². The number of methoxy groups -OCH3 is 2. The number of carbonyl (C=O) groups excluding carboxylic acids is 1. The van der Waals surface area contributed by atoms with Crippen LogP contribution in [0.2, 0.25) is 19.6 Å². The van der Waals surface area contributed by atoms with Crippen molar-refractivity contribution in [1.82, 2.24) is 14.9 Å². The summed E-state index contributed by atoms with van der Waals surface area (Å²) in [4.78, 5) is 23.8. The Hall–Kier alpha value is -3.57. The van der Waals surface area contributed by atoms with E-state index in [9.17, 15) is 4.79 Å². The Balaban J connectivity index is 1.74. The first kappa shape index (κ1) is 28.0. The number of aryl methyl sites for hydroxylation is 1. The minimum atomic E-state index is -1.51. The van der Waals surface area contributed by atoms with E-state index in [1.165, 1.54) is 19.4 Å². The second-order valence-electron chi connectivity index (χ2n) is 9.93. The number of aromatic nitrogens is 2. The van der Waals surface area contributed by atoms with Gasteiger partial charge in [-0.3, -0.25) is 4.79 Å². The molecule has 0 aliphatic rings. The summed E-state index contributed by atoms with van der Waals surface area (Å²) < 4.78 is 22.5. The summed E-state index contributed by atoms with van der Waals surface area (Å²) in [6.45, 7) is 10.4. The molecule has 2 N–H and O–H groups in total. The second kappa shape index (κ2) is 12.1. The van der Waals surface area contributed by atoms with Gasteiger partial charge in [0.1, 0.15) is 5.75 Å². The van der Waals surface area contributed by atoms with Crippen LogP contribution in [0.15, 0.2) is 34.7 Å². The van der Waals surface area contributed by atoms with E-state index in [2.05, 4.69) is 51.2 Å².